The van der Waals surface area contributed by atoms with Crippen LogP contribution in [0.15, 0.2) is 0 Å². The molecule has 5 nitrogen and oxygen atoms in total. The third-order valence-corrected chi connectivity index (χ3v) is 5.96. The largest absolute Gasteiger partial charge is 0.509 e. The van der Waals surface area contributed by atoms with Crippen molar-refractivity contribution in [2.45, 2.75) is 77.4 Å². The van der Waals surface area contributed by atoms with E-state index in [0.29, 0.717) is 11.8 Å². The molecule has 2 heterocycles. The average molecular weight is 369 g/mol. The van der Waals surface area contributed by atoms with Gasteiger partial charge in [-0.15, -0.1) is 0 Å². The number of piperidine rings is 2. The van der Waals surface area contributed by atoms with E-state index in [9.17, 15) is 4.79 Å². The van der Waals surface area contributed by atoms with Crippen LogP contribution in [0.5, 0.6) is 0 Å². The lowest BCUT2D eigenvalue weighted by Crippen LogP contribution is -2.50. The first-order chi connectivity index (χ1) is 12.1. The molecule has 0 spiro atoms. The zero-order chi connectivity index (χ0) is 19.4. The van der Waals surface area contributed by atoms with E-state index in [4.69, 9.17) is 9.47 Å². The molecule has 152 valence electrons. The van der Waals surface area contributed by atoms with Gasteiger partial charge in [-0.2, -0.15) is 0 Å². The molecule has 2 aliphatic rings. The summed E-state index contributed by atoms with van der Waals surface area (Å²) < 4.78 is 12.1. The van der Waals surface area contributed by atoms with Gasteiger partial charge in [0.05, 0.1) is 0 Å². The summed E-state index contributed by atoms with van der Waals surface area (Å²) in [5.41, 5.74) is -0.718. The molecule has 0 aromatic heterocycles. The molecule has 2 saturated heterocycles. The van der Waals surface area contributed by atoms with Crippen LogP contribution in [0, 0.1) is 11.8 Å². The van der Waals surface area contributed by atoms with E-state index in [0.717, 1.165) is 64.7 Å². The zero-order valence-corrected chi connectivity index (χ0v) is 17.8. The summed E-state index contributed by atoms with van der Waals surface area (Å²) >= 11 is 0. The molecule has 0 unspecified atom stereocenters. The number of rotatable bonds is 6. The van der Waals surface area contributed by atoms with Gasteiger partial charge in [-0.25, -0.2) is 4.79 Å². The molecule has 0 aromatic carbocycles. The van der Waals surface area contributed by atoms with Crippen LogP contribution < -0.4 is 0 Å². The first kappa shape index (κ1) is 21.5. The van der Waals surface area contributed by atoms with Gasteiger partial charge >= 0.3 is 6.16 Å². The first-order valence-corrected chi connectivity index (χ1v) is 10.4. The van der Waals surface area contributed by atoms with Crippen molar-refractivity contribution in [3.05, 3.63) is 0 Å². The predicted octanol–water partition coefficient (Wildman–Crippen LogP) is 4.16. The molecular weight excluding hydrogens is 328 g/mol. The van der Waals surface area contributed by atoms with Crippen LogP contribution >= 0.6 is 0 Å². The van der Waals surface area contributed by atoms with Gasteiger partial charge in [0.2, 0.25) is 0 Å². The van der Waals surface area contributed by atoms with Gasteiger partial charge in [0.1, 0.15) is 11.2 Å². The van der Waals surface area contributed by atoms with Crippen molar-refractivity contribution in [3.8, 4) is 0 Å². The summed E-state index contributed by atoms with van der Waals surface area (Å²) in [7, 11) is 4.27. The maximum Gasteiger partial charge on any atom is 0.509 e. The molecule has 26 heavy (non-hydrogen) atoms. The standard InChI is InChI=1S/C21H40N2O3/c1-17(2)15-20(7-11-22(5)12-8-20)25-19(24)26-21(16-18(3)4)9-13-23(6)14-10-21/h17-18H,7-16H2,1-6H3. The Labute approximate surface area is 160 Å². The van der Waals surface area contributed by atoms with Gasteiger partial charge in [-0.1, -0.05) is 27.7 Å². The molecule has 0 aliphatic carbocycles. The Morgan fingerprint density at radius 1 is 0.769 bits per heavy atom. The molecule has 5 heteroatoms. The number of hydrogen-bond donors (Lipinski definition) is 0. The molecule has 2 fully saturated rings. The first-order valence-electron chi connectivity index (χ1n) is 10.4. The third-order valence-electron chi connectivity index (χ3n) is 5.96. The molecule has 0 amide bonds. The summed E-state index contributed by atoms with van der Waals surface area (Å²) in [6.45, 7) is 12.7. The summed E-state index contributed by atoms with van der Waals surface area (Å²) in [6.07, 6.45) is 4.98. The third kappa shape index (κ3) is 6.12. The minimum atomic E-state index is -0.444. The Morgan fingerprint density at radius 3 is 1.35 bits per heavy atom. The van der Waals surface area contributed by atoms with E-state index < -0.39 is 6.16 Å². The van der Waals surface area contributed by atoms with Crippen molar-refractivity contribution >= 4 is 6.16 Å². The van der Waals surface area contributed by atoms with E-state index in [1.54, 1.807) is 0 Å². The van der Waals surface area contributed by atoms with Gasteiger partial charge in [-0.05, 0) is 38.8 Å². The predicted molar refractivity (Wildman–Crippen MR) is 105 cm³/mol. The molecule has 2 rings (SSSR count). The highest BCUT2D eigenvalue weighted by molar-refractivity contribution is 5.61. The minimum Gasteiger partial charge on any atom is -0.428 e. The smallest absolute Gasteiger partial charge is 0.428 e. The van der Waals surface area contributed by atoms with Crippen molar-refractivity contribution < 1.29 is 14.3 Å². The number of carbonyl (C=O) groups is 1. The number of likely N-dealkylation sites (tertiary alicyclic amines) is 2. The Kier molecular flexibility index (Phi) is 7.37. The molecule has 0 saturated carbocycles. The highest BCUT2D eigenvalue weighted by Gasteiger charge is 2.43. The van der Waals surface area contributed by atoms with Crippen molar-refractivity contribution in [1.29, 1.82) is 0 Å². The lowest BCUT2D eigenvalue weighted by atomic mass is 9.83. The summed E-state index contributed by atoms with van der Waals surface area (Å²) in [4.78, 5) is 17.5. The average Bonchev–Trinajstić information content (AvgIpc) is 2.52. The molecule has 0 radical (unpaired) electrons. The number of ether oxygens (including phenoxy) is 2. The van der Waals surface area contributed by atoms with Gasteiger partial charge < -0.3 is 19.3 Å². The van der Waals surface area contributed by atoms with Crippen molar-refractivity contribution in [1.82, 2.24) is 9.80 Å². The topological polar surface area (TPSA) is 42.0 Å². The van der Waals surface area contributed by atoms with Crippen molar-refractivity contribution in [2.75, 3.05) is 40.3 Å². The van der Waals surface area contributed by atoms with Gasteiger partial charge in [-0.3, -0.25) is 0 Å². The van der Waals surface area contributed by atoms with Gasteiger partial charge in [0.25, 0.3) is 0 Å². The molecule has 0 N–H and O–H groups in total. The van der Waals surface area contributed by atoms with E-state index in [2.05, 4.69) is 51.6 Å². The normalized spacial score (nSPS) is 24.0. The monoisotopic (exact) mass is 368 g/mol. The quantitative estimate of drug-likeness (QED) is 0.659. The second-order valence-electron chi connectivity index (χ2n) is 9.62. The van der Waals surface area contributed by atoms with Gasteiger partial charge in [0, 0.05) is 51.9 Å². The SMILES string of the molecule is CC(C)CC1(OC(=O)OC2(CC(C)C)CCN(C)CC2)CCN(C)CC1. The highest BCUT2D eigenvalue weighted by atomic mass is 16.7. The van der Waals surface area contributed by atoms with Crippen LogP contribution in [0.25, 0.3) is 0 Å². The molecule has 0 atom stereocenters. The Bertz CT molecular complexity index is 408. The summed E-state index contributed by atoms with van der Waals surface area (Å²) in [5, 5.41) is 0. The maximum atomic E-state index is 12.8. The van der Waals surface area contributed by atoms with Crippen LogP contribution in [0.2, 0.25) is 0 Å². The molecule has 2 aliphatic heterocycles. The van der Waals surface area contributed by atoms with Crippen molar-refractivity contribution in [3.63, 3.8) is 0 Å². The van der Waals surface area contributed by atoms with Crippen LogP contribution in [0.1, 0.15) is 66.2 Å². The lowest BCUT2D eigenvalue weighted by Gasteiger charge is -2.44. The van der Waals surface area contributed by atoms with Crippen molar-refractivity contribution in [2.24, 2.45) is 11.8 Å². The van der Waals surface area contributed by atoms with Crippen LogP contribution in [0.3, 0.4) is 0 Å². The van der Waals surface area contributed by atoms with Crippen LogP contribution in [-0.4, -0.2) is 67.4 Å². The highest BCUT2D eigenvalue weighted by Crippen LogP contribution is 2.36. The van der Waals surface area contributed by atoms with Gasteiger partial charge in [0.15, 0.2) is 0 Å². The summed E-state index contributed by atoms with van der Waals surface area (Å²) in [6, 6.07) is 0. The Hall–Kier alpha value is -0.810. The van der Waals surface area contributed by atoms with E-state index in [1.165, 1.54) is 0 Å². The minimum absolute atomic E-state index is 0.359. The van der Waals surface area contributed by atoms with E-state index in [1.807, 2.05) is 0 Å². The van der Waals surface area contributed by atoms with E-state index >= 15 is 0 Å². The molecule has 0 aromatic rings. The maximum absolute atomic E-state index is 12.8. The zero-order valence-electron chi connectivity index (χ0n) is 17.8. The fraction of sp³-hybridized carbons (Fsp3) is 0.952. The molecule has 0 bridgehead atoms. The number of hydrogen-bond acceptors (Lipinski definition) is 5. The summed E-state index contributed by atoms with van der Waals surface area (Å²) in [5.74, 6) is 0.998. The van der Waals surface area contributed by atoms with Crippen LogP contribution in [0.4, 0.5) is 4.79 Å². The second kappa shape index (κ2) is 8.92. The fourth-order valence-electron chi connectivity index (χ4n) is 4.61. The number of carbonyl (C=O) groups excluding carboxylic acids is 1. The Morgan fingerprint density at radius 2 is 1.08 bits per heavy atom. The lowest BCUT2D eigenvalue weighted by molar-refractivity contribution is -0.121. The Balaban J connectivity index is 2.04. The second-order valence-corrected chi connectivity index (χ2v) is 9.62. The van der Waals surface area contributed by atoms with Crippen LogP contribution in [-0.2, 0) is 9.47 Å². The fourth-order valence-corrected chi connectivity index (χ4v) is 4.61. The van der Waals surface area contributed by atoms with E-state index in [-0.39, 0.29) is 11.2 Å². The number of nitrogens with zero attached hydrogens (tertiary/aromatic N) is 2. The molecular formula is C21H40N2O3.